The molecule has 6 nitrogen and oxygen atoms in total. The van der Waals surface area contributed by atoms with Crippen molar-refractivity contribution in [2.45, 2.75) is 149 Å². The zero-order chi connectivity index (χ0) is 28.2. The average Bonchev–Trinajstić information content (AvgIpc) is 3.44. The van der Waals surface area contributed by atoms with E-state index in [1.165, 1.54) is 129 Å². The molecule has 1 saturated heterocycles. The third kappa shape index (κ3) is 25.3. The quantitative estimate of drug-likeness (QED) is 0.0683. The molecule has 0 aromatic carbocycles. The summed E-state index contributed by atoms with van der Waals surface area (Å²) in [6.07, 6.45) is 27.2. The fraction of sp³-hybridized carbons (Fsp3) is 0.969. The van der Waals surface area contributed by atoms with Gasteiger partial charge in [-0.05, 0) is 45.7 Å². The van der Waals surface area contributed by atoms with Crippen LogP contribution in [0, 0.1) is 5.92 Å². The van der Waals surface area contributed by atoms with Gasteiger partial charge in [-0.25, -0.2) is 0 Å². The van der Waals surface area contributed by atoms with Crippen molar-refractivity contribution in [2.75, 3.05) is 46.1 Å². The zero-order valence-electron chi connectivity index (χ0n) is 25.9. The first kappa shape index (κ1) is 36.9. The third-order valence-corrected chi connectivity index (χ3v) is 8.54. The van der Waals surface area contributed by atoms with E-state index in [4.69, 9.17) is 13.8 Å². The van der Waals surface area contributed by atoms with Crippen LogP contribution in [0.5, 0.6) is 0 Å². The summed E-state index contributed by atoms with van der Waals surface area (Å²) >= 11 is 0. The Kier molecular flexibility index (Phi) is 26.5. The summed E-state index contributed by atoms with van der Waals surface area (Å²) in [6.45, 7) is 9.28. The molecule has 0 aromatic rings. The summed E-state index contributed by atoms with van der Waals surface area (Å²) < 4.78 is 16.8. The summed E-state index contributed by atoms with van der Waals surface area (Å²) in [6, 6.07) is 0. The standard InChI is InChI=1S/C32H64NO5P/c1-3-4-5-6-7-8-9-10-11-12-13-14-15-16-17-18-21-26-36-29-32(28-31(2)34)30-38-39(35)37-27-22-25-33-23-19-20-24-33/h32,35H,3-30H2,1-2H3. The summed E-state index contributed by atoms with van der Waals surface area (Å²) in [5, 5.41) is 0. The topological polar surface area (TPSA) is 68.2 Å². The van der Waals surface area contributed by atoms with Crippen LogP contribution in [0.2, 0.25) is 0 Å². The maximum atomic E-state index is 11.6. The minimum atomic E-state index is -1.89. The maximum Gasteiger partial charge on any atom is 0.329 e. The Morgan fingerprint density at radius 3 is 1.74 bits per heavy atom. The van der Waals surface area contributed by atoms with E-state index in [0.717, 1.165) is 26.0 Å². The fourth-order valence-electron chi connectivity index (χ4n) is 5.39. The highest BCUT2D eigenvalue weighted by Crippen LogP contribution is 2.34. The molecule has 232 valence electrons. The molecule has 0 aromatic heterocycles. The molecule has 1 rings (SSSR count). The Morgan fingerprint density at radius 1 is 0.718 bits per heavy atom. The van der Waals surface area contributed by atoms with Gasteiger partial charge in [0.2, 0.25) is 0 Å². The van der Waals surface area contributed by atoms with Crippen LogP contribution in [0.15, 0.2) is 0 Å². The predicted octanol–water partition coefficient (Wildman–Crippen LogP) is 8.99. The predicted molar refractivity (Wildman–Crippen MR) is 165 cm³/mol. The molecule has 0 spiro atoms. The van der Waals surface area contributed by atoms with Crippen LogP contribution in [-0.2, 0) is 18.6 Å². The van der Waals surface area contributed by atoms with Crippen molar-refractivity contribution in [2.24, 2.45) is 5.92 Å². The molecule has 1 aliphatic heterocycles. The second-order valence-corrected chi connectivity index (χ2v) is 12.8. The summed E-state index contributed by atoms with van der Waals surface area (Å²) in [5.74, 6) is 0.0949. The highest BCUT2D eigenvalue weighted by molar-refractivity contribution is 7.40. The average molecular weight is 574 g/mol. The van der Waals surface area contributed by atoms with Crippen molar-refractivity contribution in [1.29, 1.82) is 0 Å². The maximum absolute atomic E-state index is 11.6. The number of hydrogen-bond acceptors (Lipinski definition) is 6. The number of rotatable bonds is 30. The van der Waals surface area contributed by atoms with Crippen molar-refractivity contribution >= 4 is 14.4 Å². The van der Waals surface area contributed by atoms with Crippen LogP contribution in [0.4, 0.5) is 0 Å². The molecule has 2 atom stereocenters. The lowest BCUT2D eigenvalue weighted by molar-refractivity contribution is -0.118. The van der Waals surface area contributed by atoms with Gasteiger partial charge in [-0.15, -0.1) is 0 Å². The Morgan fingerprint density at radius 2 is 1.23 bits per heavy atom. The Labute approximate surface area is 243 Å². The zero-order valence-corrected chi connectivity index (χ0v) is 26.7. The summed E-state index contributed by atoms with van der Waals surface area (Å²) in [5.41, 5.74) is 0. The van der Waals surface area contributed by atoms with E-state index in [1.807, 2.05) is 0 Å². The molecule has 0 radical (unpaired) electrons. The Bertz CT molecular complexity index is 533. The van der Waals surface area contributed by atoms with E-state index in [9.17, 15) is 9.69 Å². The van der Waals surface area contributed by atoms with Gasteiger partial charge >= 0.3 is 8.60 Å². The minimum Gasteiger partial charge on any atom is -0.381 e. The van der Waals surface area contributed by atoms with Crippen LogP contribution in [0.3, 0.4) is 0 Å². The van der Waals surface area contributed by atoms with Crippen LogP contribution in [0.1, 0.15) is 149 Å². The number of likely N-dealkylation sites (tertiary alicyclic amines) is 1. The monoisotopic (exact) mass is 573 g/mol. The van der Waals surface area contributed by atoms with E-state index in [0.29, 0.717) is 26.2 Å². The molecule has 1 fully saturated rings. The third-order valence-electron chi connectivity index (χ3n) is 7.76. The van der Waals surface area contributed by atoms with Crippen LogP contribution in [0.25, 0.3) is 0 Å². The number of carbonyl (C=O) groups is 1. The van der Waals surface area contributed by atoms with Gasteiger partial charge in [-0.2, -0.15) is 0 Å². The van der Waals surface area contributed by atoms with Crippen LogP contribution >= 0.6 is 8.60 Å². The highest BCUT2D eigenvalue weighted by atomic mass is 31.2. The second-order valence-electron chi connectivity index (χ2n) is 11.8. The number of ether oxygens (including phenoxy) is 1. The molecule has 39 heavy (non-hydrogen) atoms. The fourth-order valence-corrected chi connectivity index (χ4v) is 6.09. The SMILES string of the molecule is CCCCCCCCCCCCCCCCCCCOCC(COP(O)OCCCN1CCCC1)CC(C)=O. The largest absolute Gasteiger partial charge is 0.381 e. The first-order valence-electron chi connectivity index (χ1n) is 16.7. The lowest BCUT2D eigenvalue weighted by atomic mass is 10.0. The van der Waals surface area contributed by atoms with Gasteiger partial charge in [0.1, 0.15) is 5.78 Å². The molecule has 2 unspecified atom stereocenters. The van der Waals surface area contributed by atoms with E-state index < -0.39 is 8.60 Å². The lowest BCUT2D eigenvalue weighted by Crippen LogP contribution is -2.21. The summed E-state index contributed by atoms with van der Waals surface area (Å²) in [4.78, 5) is 24.1. The van der Waals surface area contributed by atoms with Gasteiger partial charge in [0.05, 0.1) is 19.8 Å². The van der Waals surface area contributed by atoms with Gasteiger partial charge in [-0.3, -0.25) is 0 Å². The van der Waals surface area contributed by atoms with Gasteiger partial charge in [0, 0.05) is 25.5 Å². The normalized spacial score (nSPS) is 15.7. The number of unbranched alkanes of at least 4 members (excludes halogenated alkanes) is 16. The highest BCUT2D eigenvalue weighted by Gasteiger charge is 2.17. The van der Waals surface area contributed by atoms with Crippen LogP contribution in [-0.4, -0.2) is 61.6 Å². The van der Waals surface area contributed by atoms with E-state index >= 15 is 0 Å². The molecule has 7 heteroatoms. The molecule has 1 N–H and O–H groups in total. The molecular weight excluding hydrogens is 509 g/mol. The minimum absolute atomic E-state index is 0.0290. The summed E-state index contributed by atoms with van der Waals surface area (Å²) in [7, 11) is -1.89. The molecule has 0 aliphatic carbocycles. The van der Waals surface area contributed by atoms with E-state index in [1.54, 1.807) is 6.92 Å². The number of Topliss-reactive ketones (excluding diaryl/α,β-unsaturated/α-hetero) is 1. The molecule has 0 bridgehead atoms. The van der Waals surface area contributed by atoms with Gasteiger partial charge in [-0.1, -0.05) is 110 Å². The Balaban J connectivity index is 1.88. The molecule has 1 aliphatic rings. The van der Waals surface area contributed by atoms with E-state index in [-0.39, 0.29) is 11.7 Å². The number of hydrogen-bond donors (Lipinski definition) is 1. The number of ketones is 1. The van der Waals surface area contributed by atoms with Gasteiger partial charge in [0.25, 0.3) is 0 Å². The van der Waals surface area contributed by atoms with E-state index in [2.05, 4.69) is 11.8 Å². The molecular formula is C32H64NO5P. The molecule has 1 heterocycles. The first-order chi connectivity index (χ1) is 19.1. The van der Waals surface area contributed by atoms with Crippen molar-refractivity contribution in [3.63, 3.8) is 0 Å². The number of carbonyl (C=O) groups excluding carboxylic acids is 1. The van der Waals surface area contributed by atoms with Gasteiger partial charge in [0.15, 0.2) is 0 Å². The van der Waals surface area contributed by atoms with Crippen molar-refractivity contribution < 1.29 is 23.5 Å². The number of nitrogens with zero attached hydrogens (tertiary/aromatic N) is 1. The van der Waals surface area contributed by atoms with Crippen LogP contribution < -0.4 is 0 Å². The lowest BCUT2D eigenvalue weighted by Gasteiger charge is -2.18. The molecule has 0 amide bonds. The van der Waals surface area contributed by atoms with Crippen molar-refractivity contribution in [3.05, 3.63) is 0 Å². The van der Waals surface area contributed by atoms with Crippen molar-refractivity contribution in [3.8, 4) is 0 Å². The van der Waals surface area contributed by atoms with Crippen molar-refractivity contribution in [1.82, 2.24) is 4.90 Å². The molecule has 0 saturated carbocycles. The smallest absolute Gasteiger partial charge is 0.329 e. The Hall–Kier alpha value is -0.100. The second kappa shape index (κ2) is 28.0. The van der Waals surface area contributed by atoms with Gasteiger partial charge < -0.3 is 28.4 Å². The first-order valence-corrected chi connectivity index (χ1v) is 17.8.